The van der Waals surface area contributed by atoms with Crippen LogP contribution >= 0.6 is 11.6 Å². The fourth-order valence-electron chi connectivity index (χ4n) is 3.56. The Balaban J connectivity index is 1.90. The van der Waals surface area contributed by atoms with Gasteiger partial charge in [0.05, 0.1) is 18.8 Å². The standard InChI is InChI=1S/C16H23ClN2O/c1-18-11-12-10-13(17)6-7-14(12)19-8-9-20-16-5-3-2-4-15(16)19/h6-7,10,15-16,18H,2-5,8-9,11H2,1H3. The van der Waals surface area contributed by atoms with Crippen molar-refractivity contribution in [1.82, 2.24) is 5.32 Å². The summed E-state index contributed by atoms with van der Waals surface area (Å²) in [5.41, 5.74) is 2.61. The second-order valence-electron chi connectivity index (χ2n) is 5.76. The molecule has 4 heteroatoms. The third-order valence-electron chi connectivity index (χ3n) is 4.45. The van der Waals surface area contributed by atoms with E-state index in [1.165, 1.54) is 36.9 Å². The highest BCUT2D eigenvalue weighted by Gasteiger charge is 2.34. The van der Waals surface area contributed by atoms with Crippen molar-refractivity contribution in [1.29, 1.82) is 0 Å². The quantitative estimate of drug-likeness (QED) is 0.926. The molecule has 20 heavy (non-hydrogen) atoms. The van der Waals surface area contributed by atoms with Crippen LogP contribution in [0.5, 0.6) is 0 Å². The fourth-order valence-corrected chi connectivity index (χ4v) is 3.76. The van der Waals surface area contributed by atoms with Gasteiger partial charge in [-0.25, -0.2) is 0 Å². The topological polar surface area (TPSA) is 24.5 Å². The molecule has 0 bridgehead atoms. The first-order valence-corrected chi connectivity index (χ1v) is 7.98. The van der Waals surface area contributed by atoms with Gasteiger partial charge in [-0.05, 0) is 43.7 Å². The highest BCUT2D eigenvalue weighted by molar-refractivity contribution is 6.30. The summed E-state index contributed by atoms with van der Waals surface area (Å²) in [6, 6.07) is 6.80. The lowest BCUT2D eigenvalue weighted by Gasteiger charge is -2.45. The molecule has 1 aromatic carbocycles. The van der Waals surface area contributed by atoms with E-state index in [4.69, 9.17) is 16.3 Å². The van der Waals surface area contributed by atoms with Crippen molar-refractivity contribution in [2.45, 2.75) is 44.4 Å². The SMILES string of the molecule is CNCc1cc(Cl)ccc1N1CCOC2CCCCC21. The van der Waals surface area contributed by atoms with E-state index in [1.807, 2.05) is 13.1 Å². The molecule has 1 N–H and O–H groups in total. The Morgan fingerprint density at radius 3 is 3.05 bits per heavy atom. The number of hydrogen-bond donors (Lipinski definition) is 1. The van der Waals surface area contributed by atoms with Gasteiger partial charge in [0.25, 0.3) is 0 Å². The molecule has 3 rings (SSSR count). The summed E-state index contributed by atoms with van der Waals surface area (Å²) >= 11 is 6.16. The number of nitrogens with zero attached hydrogens (tertiary/aromatic N) is 1. The molecule has 3 nitrogen and oxygen atoms in total. The molecule has 0 aromatic heterocycles. The van der Waals surface area contributed by atoms with Crippen molar-refractivity contribution in [2.75, 3.05) is 25.1 Å². The van der Waals surface area contributed by atoms with Gasteiger partial charge in [-0.3, -0.25) is 0 Å². The lowest BCUT2D eigenvalue weighted by Crippen LogP contribution is -2.53. The van der Waals surface area contributed by atoms with E-state index >= 15 is 0 Å². The van der Waals surface area contributed by atoms with Gasteiger partial charge in [0.1, 0.15) is 0 Å². The average Bonchev–Trinajstić information content (AvgIpc) is 2.47. The average molecular weight is 295 g/mol. The summed E-state index contributed by atoms with van der Waals surface area (Å²) in [5.74, 6) is 0. The summed E-state index contributed by atoms with van der Waals surface area (Å²) in [5, 5.41) is 4.06. The van der Waals surface area contributed by atoms with Crippen LogP contribution in [0.25, 0.3) is 0 Å². The van der Waals surface area contributed by atoms with Crippen molar-refractivity contribution in [3.8, 4) is 0 Å². The number of hydrogen-bond acceptors (Lipinski definition) is 3. The molecule has 2 unspecified atom stereocenters. The Labute approximate surface area is 126 Å². The molecule has 0 spiro atoms. The van der Waals surface area contributed by atoms with Crippen LogP contribution in [0.1, 0.15) is 31.2 Å². The first-order chi connectivity index (χ1) is 9.79. The van der Waals surface area contributed by atoms with Crippen molar-refractivity contribution in [3.63, 3.8) is 0 Å². The Morgan fingerprint density at radius 1 is 1.35 bits per heavy atom. The molecule has 1 aromatic rings. The van der Waals surface area contributed by atoms with E-state index in [1.54, 1.807) is 0 Å². The van der Waals surface area contributed by atoms with E-state index in [-0.39, 0.29) is 0 Å². The predicted molar refractivity (Wildman–Crippen MR) is 83.6 cm³/mol. The first kappa shape index (κ1) is 14.2. The monoisotopic (exact) mass is 294 g/mol. The van der Waals surface area contributed by atoms with Crippen LogP contribution in [0.4, 0.5) is 5.69 Å². The van der Waals surface area contributed by atoms with E-state index in [0.717, 1.165) is 24.7 Å². The summed E-state index contributed by atoms with van der Waals surface area (Å²) < 4.78 is 5.97. The van der Waals surface area contributed by atoms with Gasteiger partial charge in [-0.15, -0.1) is 0 Å². The molecule has 0 radical (unpaired) electrons. The maximum absolute atomic E-state index is 6.16. The maximum Gasteiger partial charge on any atom is 0.0779 e. The molecule has 1 aliphatic carbocycles. The van der Waals surface area contributed by atoms with Crippen LogP contribution in [0.3, 0.4) is 0 Å². The molecule has 0 amide bonds. The highest BCUT2D eigenvalue weighted by atomic mass is 35.5. The van der Waals surface area contributed by atoms with E-state index in [9.17, 15) is 0 Å². The number of morpholine rings is 1. The largest absolute Gasteiger partial charge is 0.374 e. The minimum atomic E-state index is 0.413. The molecule has 1 saturated heterocycles. The van der Waals surface area contributed by atoms with Crippen molar-refractivity contribution in [3.05, 3.63) is 28.8 Å². The van der Waals surface area contributed by atoms with E-state index < -0.39 is 0 Å². The molecule has 1 aliphatic heterocycles. The number of fused-ring (bicyclic) bond motifs is 1. The molecule has 2 atom stereocenters. The highest BCUT2D eigenvalue weighted by Crippen LogP contribution is 2.34. The smallest absolute Gasteiger partial charge is 0.0779 e. The summed E-state index contributed by atoms with van der Waals surface area (Å²) in [6.45, 7) is 2.67. The van der Waals surface area contributed by atoms with Crippen LogP contribution in [-0.2, 0) is 11.3 Å². The molecule has 1 saturated carbocycles. The van der Waals surface area contributed by atoms with Crippen LogP contribution in [-0.4, -0.2) is 32.3 Å². The Morgan fingerprint density at radius 2 is 2.20 bits per heavy atom. The summed E-state index contributed by atoms with van der Waals surface area (Å²) in [4.78, 5) is 2.55. The summed E-state index contributed by atoms with van der Waals surface area (Å²) in [6.07, 6.45) is 5.48. The number of halogens is 1. The van der Waals surface area contributed by atoms with Crippen LogP contribution < -0.4 is 10.2 Å². The number of rotatable bonds is 3. The number of nitrogens with one attached hydrogen (secondary N) is 1. The van der Waals surface area contributed by atoms with Crippen LogP contribution in [0.15, 0.2) is 18.2 Å². The van der Waals surface area contributed by atoms with E-state index in [2.05, 4.69) is 22.3 Å². The van der Waals surface area contributed by atoms with Gasteiger partial charge in [0.15, 0.2) is 0 Å². The van der Waals surface area contributed by atoms with Gasteiger partial charge in [-0.1, -0.05) is 24.4 Å². The zero-order valence-corrected chi connectivity index (χ0v) is 12.8. The molecule has 1 heterocycles. The number of anilines is 1. The van der Waals surface area contributed by atoms with Gasteiger partial charge in [-0.2, -0.15) is 0 Å². The Bertz CT molecular complexity index is 464. The van der Waals surface area contributed by atoms with Crippen molar-refractivity contribution < 1.29 is 4.74 Å². The molecule has 2 fully saturated rings. The molecular weight excluding hydrogens is 272 g/mol. The molecular formula is C16H23ClN2O. The second-order valence-corrected chi connectivity index (χ2v) is 6.19. The van der Waals surface area contributed by atoms with Crippen molar-refractivity contribution in [2.24, 2.45) is 0 Å². The lowest BCUT2D eigenvalue weighted by atomic mass is 9.89. The third kappa shape index (κ3) is 2.80. The lowest BCUT2D eigenvalue weighted by molar-refractivity contribution is -0.00873. The van der Waals surface area contributed by atoms with Gasteiger partial charge in [0, 0.05) is 23.8 Å². The van der Waals surface area contributed by atoms with Gasteiger partial charge in [0.2, 0.25) is 0 Å². The first-order valence-electron chi connectivity index (χ1n) is 7.61. The second kappa shape index (κ2) is 6.33. The molecule has 2 aliphatic rings. The minimum Gasteiger partial charge on any atom is -0.374 e. The molecule has 110 valence electrons. The number of ether oxygens (including phenoxy) is 1. The van der Waals surface area contributed by atoms with Gasteiger partial charge >= 0.3 is 0 Å². The Kier molecular flexibility index (Phi) is 4.49. The third-order valence-corrected chi connectivity index (χ3v) is 4.69. The summed E-state index contributed by atoms with van der Waals surface area (Å²) in [7, 11) is 1.98. The maximum atomic E-state index is 6.16. The number of benzene rings is 1. The minimum absolute atomic E-state index is 0.413. The van der Waals surface area contributed by atoms with Crippen LogP contribution in [0.2, 0.25) is 5.02 Å². The Hall–Kier alpha value is -0.770. The zero-order chi connectivity index (χ0) is 13.9. The van der Waals surface area contributed by atoms with Gasteiger partial charge < -0.3 is 15.0 Å². The predicted octanol–water partition coefficient (Wildman–Crippen LogP) is 3.21. The van der Waals surface area contributed by atoms with Crippen molar-refractivity contribution >= 4 is 17.3 Å². The zero-order valence-electron chi connectivity index (χ0n) is 12.1. The van der Waals surface area contributed by atoms with E-state index in [0.29, 0.717) is 12.1 Å². The fraction of sp³-hybridized carbons (Fsp3) is 0.625. The van der Waals surface area contributed by atoms with Crippen LogP contribution in [0, 0.1) is 0 Å². The normalized spacial score (nSPS) is 26.4.